The Morgan fingerprint density at radius 3 is 2.83 bits per heavy atom. The van der Waals surface area contributed by atoms with Gasteiger partial charge in [-0.25, -0.2) is 0 Å². The zero-order chi connectivity index (χ0) is 12.8. The third kappa shape index (κ3) is 2.70. The van der Waals surface area contributed by atoms with Crippen LogP contribution < -0.4 is 5.32 Å². The van der Waals surface area contributed by atoms with Crippen LogP contribution in [0.2, 0.25) is 0 Å². The number of nitrogens with one attached hydrogen (secondary N) is 1. The number of amidine groups is 1. The Labute approximate surface area is 111 Å². The third-order valence-electron chi connectivity index (χ3n) is 3.05. The van der Waals surface area contributed by atoms with Gasteiger partial charge >= 0.3 is 0 Å². The molecule has 18 heavy (non-hydrogen) atoms. The molecule has 0 saturated heterocycles. The molecule has 0 unspecified atom stereocenters. The van der Waals surface area contributed by atoms with Crippen molar-refractivity contribution in [3.05, 3.63) is 53.6 Å². The van der Waals surface area contributed by atoms with Crippen LogP contribution in [0, 0.1) is 0 Å². The standard InChI is InChI=1S/C16H20N2.H2/c1-3-8-13(4-2)14-9-5-6-10-15(14)16-17-11-7-12-18-16;/h3-6,8-10H,7,11-12H2,1-2H3,(H,17,18);1H/b8-3-,13-4+;. The van der Waals surface area contributed by atoms with E-state index in [2.05, 4.69) is 59.7 Å². The monoisotopic (exact) mass is 242 g/mol. The summed E-state index contributed by atoms with van der Waals surface area (Å²) in [5.74, 6) is 1.03. The second-order valence-corrected chi connectivity index (χ2v) is 4.30. The predicted octanol–water partition coefficient (Wildman–Crippen LogP) is 3.65. The number of hydrogen-bond acceptors (Lipinski definition) is 2. The Morgan fingerprint density at radius 1 is 1.33 bits per heavy atom. The summed E-state index contributed by atoms with van der Waals surface area (Å²) in [4.78, 5) is 4.59. The fourth-order valence-corrected chi connectivity index (χ4v) is 2.18. The quantitative estimate of drug-likeness (QED) is 0.804. The highest BCUT2D eigenvalue weighted by molar-refractivity contribution is 6.03. The Hall–Kier alpha value is -1.83. The molecule has 1 N–H and O–H groups in total. The van der Waals surface area contributed by atoms with Crippen LogP contribution in [0.5, 0.6) is 0 Å². The molecular formula is C16H22N2. The minimum absolute atomic E-state index is 0. The number of hydrogen-bond donors (Lipinski definition) is 1. The second-order valence-electron chi connectivity index (χ2n) is 4.30. The largest absolute Gasteiger partial charge is 0.370 e. The summed E-state index contributed by atoms with van der Waals surface area (Å²) < 4.78 is 0. The van der Waals surface area contributed by atoms with Gasteiger partial charge in [0, 0.05) is 20.1 Å². The number of rotatable bonds is 3. The maximum Gasteiger partial charge on any atom is 0.128 e. The van der Waals surface area contributed by atoms with Gasteiger partial charge < -0.3 is 5.32 Å². The predicted molar refractivity (Wildman–Crippen MR) is 81.0 cm³/mol. The average Bonchev–Trinajstić information content (AvgIpc) is 2.46. The second kappa shape index (κ2) is 6.20. The summed E-state index contributed by atoms with van der Waals surface area (Å²) >= 11 is 0. The van der Waals surface area contributed by atoms with Crippen LogP contribution in [0.4, 0.5) is 0 Å². The van der Waals surface area contributed by atoms with Crippen LogP contribution in [-0.2, 0) is 0 Å². The normalized spacial score (nSPS) is 16.6. The van der Waals surface area contributed by atoms with Crippen LogP contribution in [0.15, 0.2) is 47.5 Å². The van der Waals surface area contributed by atoms with E-state index in [0.717, 1.165) is 25.3 Å². The van der Waals surface area contributed by atoms with Crippen molar-refractivity contribution < 1.29 is 1.43 Å². The smallest absolute Gasteiger partial charge is 0.128 e. The Kier molecular flexibility index (Phi) is 4.35. The highest BCUT2D eigenvalue weighted by Gasteiger charge is 2.12. The Balaban J connectivity index is 0.00000180. The van der Waals surface area contributed by atoms with E-state index in [0.29, 0.717) is 0 Å². The highest BCUT2D eigenvalue weighted by Crippen LogP contribution is 2.21. The summed E-state index contributed by atoms with van der Waals surface area (Å²) in [6, 6.07) is 8.44. The lowest BCUT2D eigenvalue weighted by Crippen LogP contribution is -2.30. The van der Waals surface area contributed by atoms with E-state index < -0.39 is 0 Å². The number of allylic oxidation sites excluding steroid dienone is 4. The van der Waals surface area contributed by atoms with Gasteiger partial charge in [0.15, 0.2) is 0 Å². The van der Waals surface area contributed by atoms with Gasteiger partial charge in [0.25, 0.3) is 0 Å². The van der Waals surface area contributed by atoms with Crippen molar-refractivity contribution in [2.75, 3.05) is 13.1 Å². The molecule has 0 aromatic heterocycles. The first-order valence-corrected chi connectivity index (χ1v) is 6.54. The third-order valence-corrected chi connectivity index (χ3v) is 3.05. The molecule has 0 fully saturated rings. The molecule has 0 aliphatic carbocycles. The molecule has 0 amide bonds. The molecule has 0 atom stereocenters. The lowest BCUT2D eigenvalue weighted by Gasteiger charge is -2.18. The Morgan fingerprint density at radius 2 is 2.17 bits per heavy atom. The topological polar surface area (TPSA) is 24.4 Å². The molecule has 1 aliphatic rings. The van der Waals surface area contributed by atoms with Crippen LogP contribution in [0.3, 0.4) is 0 Å². The van der Waals surface area contributed by atoms with E-state index in [1.54, 1.807) is 0 Å². The number of aliphatic imine (C=N–C) groups is 1. The lowest BCUT2D eigenvalue weighted by atomic mass is 9.98. The van der Waals surface area contributed by atoms with E-state index >= 15 is 0 Å². The van der Waals surface area contributed by atoms with Crippen molar-refractivity contribution in [1.29, 1.82) is 0 Å². The summed E-state index contributed by atoms with van der Waals surface area (Å²) in [7, 11) is 0. The molecule has 0 spiro atoms. The SMILES string of the molecule is C/C=C\C(=C/C)c1ccccc1C1=NCCCN1.[HH]. The molecule has 96 valence electrons. The van der Waals surface area contributed by atoms with Crippen molar-refractivity contribution in [1.82, 2.24) is 5.32 Å². The summed E-state index contributed by atoms with van der Waals surface area (Å²) in [5.41, 5.74) is 3.68. The van der Waals surface area contributed by atoms with Gasteiger partial charge in [-0.1, -0.05) is 42.5 Å². The molecule has 0 saturated carbocycles. The van der Waals surface area contributed by atoms with Gasteiger partial charge in [-0.2, -0.15) is 0 Å². The zero-order valence-electron chi connectivity index (χ0n) is 11.1. The molecule has 1 aliphatic heterocycles. The van der Waals surface area contributed by atoms with Gasteiger partial charge in [-0.05, 0) is 31.4 Å². The van der Waals surface area contributed by atoms with Gasteiger partial charge in [0.2, 0.25) is 0 Å². The van der Waals surface area contributed by atoms with Crippen molar-refractivity contribution in [3.8, 4) is 0 Å². The van der Waals surface area contributed by atoms with Crippen molar-refractivity contribution in [2.24, 2.45) is 4.99 Å². The first-order chi connectivity index (χ1) is 8.86. The fourth-order valence-electron chi connectivity index (χ4n) is 2.18. The summed E-state index contributed by atoms with van der Waals surface area (Å²) in [6.45, 7) is 6.05. The van der Waals surface area contributed by atoms with E-state index in [-0.39, 0.29) is 1.43 Å². The van der Waals surface area contributed by atoms with Crippen molar-refractivity contribution in [3.63, 3.8) is 0 Å². The molecule has 2 heteroatoms. The van der Waals surface area contributed by atoms with Crippen LogP contribution in [0.1, 0.15) is 32.8 Å². The number of nitrogens with zero attached hydrogens (tertiary/aromatic N) is 1. The van der Waals surface area contributed by atoms with E-state index in [1.807, 2.05) is 6.92 Å². The molecule has 1 heterocycles. The molecular weight excluding hydrogens is 220 g/mol. The zero-order valence-corrected chi connectivity index (χ0v) is 11.1. The van der Waals surface area contributed by atoms with Crippen LogP contribution in [-0.4, -0.2) is 18.9 Å². The molecule has 2 nitrogen and oxygen atoms in total. The van der Waals surface area contributed by atoms with Gasteiger partial charge in [-0.3, -0.25) is 4.99 Å². The minimum Gasteiger partial charge on any atom is -0.370 e. The maximum absolute atomic E-state index is 4.59. The fraction of sp³-hybridized carbons (Fsp3) is 0.312. The van der Waals surface area contributed by atoms with E-state index in [4.69, 9.17) is 0 Å². The average molecular weight is 242 g/mol. The molecule has 0 bridgehead atoms. The molecule has 0 radical (unpaired) electrons. The maximum atomic E-state index is 4.59. The van der Waals surface area contributed by atoms with Crippen molar-refractivity contribution >= 4 is 11.4 Å². The molecule has 1 aromatic rings. The Bertz CT molecular complexity index is 501. The lowest BCUT2D eigenvalue weighted by molar-refractivity contribution is 0.742. The first-order valence-electron chi connectivity index (χ1n) is 6.54. The molecule has 2 rings (SSSR count). The van der Waals surface area contributed by atoms with Crippen LogP contribution in [0.25, 0.3) is 5.57 Å². The summed E-state index contributed by atoms with van der Waals surface area (Å²) in [5, 5.41) is 3.40. The van der Waals surface area contributed by atoms with E-state index in [1.165, 1.54) is 16.7 Å². The van der Waals surface area contributed by atoms with Gasteiger partial charge in [0.1, 0.15) is 5.84 Å². The number of benzene rings is 1. The van der Waals surface area contributed by atoms with Gasteiger partial charge in [-0.15, -0.1) is 0 Å². The van der Waals surface area contributed by atoms with Crippen LogP contribution >= 0.6 is 0 Å². The highest BCUT2D eigenvalue weighted by atomic mass is 15.0. The van der Waals surface area contributed by atoms with Crippen molar-refractivity contribution in [2.45, 2.75) is 20.3 Å². The summed E-state index contributed by atoms with van der Waals surface area (Å²) in [6.07, 6.45) is 7.48. The molecule has 1 aromatic carbocycles. The van der Waals surface area contributed by atoms with E-state index in [9.17, 15) is 0 Å². The van der Waals surface area contributed by atoms with Gasteiger partial charge in [0.05, 0.1) is 0 Å². The minimum atomic E-state index is 0. The first kappa shape index (κ1) is 12.6.